The fourth-order valence-electron chi connectivity index (χ4n) is 3.83. The van der Waals surface area contributed by atoms with Gasteiger partial charge in [-0.2, -0.15) is 13.2 Å². The maximum absolute atomic E-state index is 13.5. The van der Waals surface area contributed by atoms with Gasteiger partial charge in [0.1, 0.15) is 18.0 Å². The summed E-state index contributed by atoms with van der Waals surface area (Å²) in [6.45, 7) is 9.43. The summed E-state index contributed by atoms with van der Waals surface area (Å²) >= 11 is 0. The number of carbonyl (C=O) groups excluding carboxylic acids is 1. The van der Waals surface area contributed by atoms with Crippen molar-refractivity contribution in [2.45, 2.75) is 65.8 Å². The molecular weight excluding hydrogens is 553 g/mol. The number of hydrogen-bond donors (Lipinski definition) is 0. The predicted octanol–water partition coefficient (Wildman–Crippen LogP) is 7.25. The van der Waals surface area contributed by atoms with Gasteiger partial charge < -0.3 is 14.0 Å². The number of esters is 1. The minimum atomic E-state index is -4.52. The van der Waals surface area contributed by atoms with E-state index in [0.29, 0.717) is 17.8 Å². The molecular formula is C30H41F3N4O3S. The molecule has 0 N–H and O–H groups in total. The van der Waals surface area contributed by atoms with Crippen molar-refractivity contribution in [1.82, 2.24) is 19.5 Å². The van der Waals surface area contributed by atoms with Crippen molar-refractivity contribution in [1.29, 1.82) is 0 Å². The Morgan fingerprint density at radius 3 is 2.10 bits per heavy atom. The van der Waals surface area contributed by atoms with Crippen LogP contribution in [0.1, 0.15) is 53.2 Å². The first-order valence-electron chi connectivity index (χ1n) is 13.4. The van der Waals surface area contributed by atoms with Gasteiger partial charge >= 0.3 is 12.1 Å². The Morgan fingerprint density at radius 2 is 1.56 bits per heavy atom. The van der Waals surface area contributed by atoms with Gasteiger partial charge in [0.15, 0.2) is 5.69 Å². The first kappa shape index (κ1) is 32.4. The van der Waals surface area contributed by atoms with E-state index >= 15 is 0 Å². The average Bonchev–Trinajstić information content (AvgIpc) is 3.29. The molecule has 2 heterocycles. The minimum absolute atomic E-state index is 0.0641. The summed E-state index contributed by atoms with van der Waals surface area (Å²) in [6.07, 6.45) is 8.03. The van der Waals surface area contributed by atoms with E-state index in [1.165, 1.54) is 6.20 Å². The van der Waals surface area contributed by atoms with Gasteiger partial charge in [-0.3, -0.25) is 4.79 Å². The van der Waals surface area contributed by atoms with Gasteiger partial charge in [0.05, 0.1) is 23.5 Å². The Kier molecular flexibility index (Phi) is 9.83. The summed E-state index contributed by atoms with van der Waals surface area (Å²) < 4.78 is 53.1. The van der Waals surface area contributed by atoms with Crippen molar-refractivity contribution in [2.24, 2.45) is 5.41 Å². The molecule has 0 saturated carbocycles. The van der Waals surface area contributed by atoms with E-state index in [4.69, 9.17) is 9.47 Å². The molecule has 2 aromatic heterocycles. The molecule has 41 heavy (non-hydrogen) atoms. The second-order valence-corrected chi connectivity index (χ2v) is 17.2. The summed E-state index contributed by atoms with van der Waals surface area (Å²) in [6, 6.07) is 7.04. The van der Waals surface area contributed by atoms with Crippen molar-refractivity contribution in [2.75, 3.05) is 31.1 Å². The van der Waals surface area contributed by atoms with Gasteiger partial charge in [0.25, 0.3) is 0 Å². The predicted molar refractivity (Wildman–Crippen MR) is 158 cm³/mol. The molecule has 0 radical (unpaired) electrons. The molecule has 0 aliphatic carbocycles. The third-order valence-corrected chi connectivity index (χ3v) is 7.59. The van der Waals surface area contributed by atoms with Crippen LogP contribution in [0.5, 0.6) is 5.88 Å². The summed E-state index contributed by atoms with van der Waals surface area (Å²) in [5, 5.41) is 0. The van der Waals surface area contributed by atoms with E-state index < -0.39 is 32.9 Å². The third-order valence-electron chi connectivity index (χ3n) is 6.07. The summed E-state index contributed by atoms with van der Waals surface area (Å²) in [4.78, 5) is 25.1. The third kappa shape index (κ3) is 9.76. The van der Waals surface area contributed by atoms with E-state index in [9.17, 15) is 18.0 Å². The monoisotopic (exact) mass is 594 g/mol. The average molecular weight is 595 g/mol. The molecule has 7 nitrogen and oxygen atoms in total. The molecule has 0 aliphatic rings. The van der Waals surface area contributed by atoms with Crippen molar-refractivity contribution >= 4 is 16.0 Å². The first-order valence-corrected chi connectivity index (χ1v) is 16.5. The second-order valence-electron chi connectivity index (χ2n) is 12.6. The fourth-order valence-corrected chi connectivity index (χ4v) is 4.90. The maximum atomic E-state index is 13.5. The number of alkyl halides is 3. The zero-order valence-corrected chi connectivity index (χ0v) is 25.9. The van der Waals surface area contributed by atoms with Crippen LogP contribution < -0.4 is 4.74 Å². The molecule has 0 spiro atoms. The van der Waals surface area contributed by atoms with Crippen LogP contribution in [-0.2, 0) is 22.3 Å². The molecule has 1 aromatic carbocycles. The van der Waals surface area contributed by atoms with E-state index in [2.05, 4.69) is 33.7 Å². The normalized spacial score (nSPS) is 13.2. The van der Waals surface area contributed by atoms with Crippen molar-refractivity contribution in [3.63, 3.8) is 0 Å². The highest BCUT2D eigenvalue weighted by Gasteiger charge is 2.35. The number of rotatable bonds is 11. The van der Waals surface area contributed by atoms with Crippen LogP contribution in [0.3, 0.4) is 0 Å². The number of aromatic nitrogens is 4. The number of carbonyl (C=O) groups is 1. The van der Waals surface area contributed by atoms with Gasteiger partial charge in [-0.05, 0) is 72.0 Å². The Labute approximate surface area is 242 Å². The highest BCUT2D eigenvalue weighted by atomic mass is 32.3. The number of aryl methyl sites for hydroxylation is 1. The number of unbranched alkanes of at least 4 members (excludes halogenated alkanes) is 1. The molecule has 0 aliphatic heterocycles. The standard InChI is InChI=1S/C30H41F3N4O3S/c1-28(2,3)40-27(38)29(4,5)20-39-25-18-34-23(17-35-25)21-11-13-22(14-12-21)26-36-24(30(31,32)33)19-37(26)15-9-10-16-41(6,7)8/h11-14,17-19H,9-10,15-16,20H2,1-8H3. The Morgan fingerprint density at radius 1 is 0.927 bits per heavy atom. The van der Waals surface area contributed by atoms with Crippen LogP contribution >= 0.6 is 10.0 Å². The van der Waals surface area contributed by atoms with Gasteiger partial charge in [0, 0.05) is 23.9 Å². The number of ether oxygens (including phenoxy) is 2. The molecule has 3 rings (SSSR count). The van der Waals surface area contributed by atoms with Crippen LogP contribution in [-0.4, -0.2) is 62.2 Å². The number of benzene rings is 1. The van der Waals surface area contributed by atoms with E-state index in [-0.39, 0.29) is 24.3 Å². The van der Waals surface area contributed by atoms with E-state index in [0.717, 1.165) is 30.4 Å². The largest absolute Gasteiger partial charge is 0.475 e. The number of hydrogen-bond acceptors (Lipinski definition) is 6. The molecule has 0 saturated heterocycles. The number of halogens is 3. The fraction of sp³-hybridized carbons (Fsp3) is 0.533. The topological polar surface area (TPSA) is 79.1 Å². The van der Waals surface area contributed by atoms with Crippen LogP contribution in [0, 0.1) is 5.41 Å². The van der Waals surface area contributed by atoms with Crippen LogP contribution in [0.15, 0.2) is 42.9 Å². The van der Waals surface area contributed by atoms with Gasteiger partial charge in [-0.1, -0.05) is 24.3 Å². The van der Waals surface area contributed by atoms with E-state index in [1.807, 2.05) is 20.8 Å². The molecule has 0 fully saturated rings. The quantitative estimate of drug-likeness (QED) is 0.172. The Balaban J connectivity index is 1.70. The van der Waals surface area contributed by atoms with Crippen LogP contribution in [0.2, 0.25) is 0 Å². The van der Waals surface area contributed by atoms with Gasteiger partial charge in [-0.15, -0.1) is 0 Å². The van der Waals surface area contributed by atoms with Gasteiger partial charge in [-0.25, -0.2) is 25.0 Å². The smallest absolute Gasteiger partial charge is 0.434 e. The van der Waals surface area contributed by atoms with Crippen LogP contribution in [0.4, 0.5) is 13.2 Å². The second kappa shape index (κ2) is 12.4. The molecule has 0 unspecified atom stereocenters. The Hall–Kier alpha value is -3.08. The van der Waals surface area contributed by atoms with Crippen molar-refractivity contribution < 1.29 is 27.4 Å². The minimum Gasteiger partial charge on any atom is -0.475 e. The zero-order chi connectivity index (χ0) is 30.6. The van der Waals surface area contributed by atoms with Gasteiger partial charge in [0.2, 0.25) is 5.88 Å². The molecule has 11 heteroatoms. The molecule has 226 valence electrons. The lowest BCUT2D eigenvalue weighted by atomic mass is 9.95. The maximum Gasteiger partial charge on any atom is 0.434 e. The molecule has 0 bridgehead atoms. The molecule has 3 aromatic rings. The van der Waals surface area contributed by atoms with Crippen molar-refractivity contribution in [3.8, 4) is 28.5 Å². The SMILES string of the molecule is CC(C)(C)OC(=O)C(C)(C)COc1cnc(-c2ccc(-c3nc(C(F)(F)F)cn3CCCCS(C)(C)C)cc2)cn1. The highest BCUT2D eigenvalue weighted by molar-refractivity contribution is 8.32. The lowest BCUT2D eigenvalue weighted by Crippen LogP contribution is -2.37. The molecule has 0 atom stereocenters. The summed E-state index contributed by atoms with van der Waals surface area (Å²) in [5.41, 5.74) is -0.479. The number of nitrogens with zero attached hydrogens (tertiary/aromatic N) is 4. The zero-order valence-electron chi connectivity index (χ0n) is 25.1. The van der Waals surface area contributed by atoms with Crippen molar-refractivity contribution in [3.05, 3.63) is 48.5 Å². The lowest BCUT2D eigenvalue weighted by Gasteiger charge is -2.28. The lowest BCUT2D eigenvalue weighted by molar-refractivity contribution is -0.167. The summed E-state index contributed by atoms with van der Waals surface area (Å²) in [7, 11) is -0.655. The molecule has 0 amide bonds. The summed E-state index contributed by atoms with van der Waals surface area (Å²) in [5.74, 6) is 1.25. The number of imidazole rings is 1. The van der Waals surface area contributed by atoms with Crippen LogP contribution in [0.25, 0.3) is 22.6 Å². The highest BCUT2D eigenvalue weighted by Crippen LogP contribution is 2.36. The van der Waals surface area contributed by atoms with E-state index in [1.54, 1.807) is 48.9 Å². The first-order chi connectivity index (χ1) is 18.8. The Bertz CT molecular complexity index is 1310.